The lowest BCUT2D eigenvalue weighted by Crippen LogP contribution is -2.22. The fourth-order valence-electron chi connectivity index (χ4n) is 2.53. The predicted octanol–water partition coefficient (Wildman–Crippen LogP) is 2.82. The van der Waals surface area contributed by atoms with Crippen molar-refractivity contribution in [2.75, 3.05) is 11.9 Å². The smallest absolute Gasteiger partial charge is 0.311 e. The Kier molecular flexibility index (Phi) is 2.25. The van der Waals surface area contributed by atoms with E-state index in [2.05, 4.69) is 5.32 Å². The van der Waals surface area contributed by atoms with Gasteiger partial charge in [-0.15, -0.1) is 0 Å². The maximum absolute atomic E-state index is 11.2. The standard InChI is InChI=1S/C14H13NO2/c16-14(17)12-7-8-15-13-10-4-2-1-3-9(10)5-6-11(12)13/h1-6,12,15H,7-8H2,(H,16,17). The molecule has 2 N–H and O–H groups in total. The number of hydrogen-bond donors (Lipinski definition) is 2. The van der Waals surface area contributed by atoms with Gasteiger partial charge in [0.1, 0.15) is 0 Å². The molecule has 2 aromatic rings. The second-order valence-electron chi connectivity index (χ2n) is 4.36. The minimum absolute atomic E-state index is 0.379. The van der Waals surface area contributed by atoms with Crippen molar-refractivity contribution >= 4 is 22.4 Å². The van der Waals surface area contributed by atoms with E-state index in [0.29, 0.717) is 6.42 Å². The minimum Gasteiger partial charge on any atom is -0.481 e. The van der Waals surface area contributed by atoms with Gasteiger partial charge in [0.2, 0.25) is 0 Å². The van der Waals surface area contributed by atoms with Crippen molar-refractivity contribution in [3.8, 4) is 0 Å². The summed E-state index contributed by atoms with van der Waals surface area (Å²) in [7, 11) is 0. The Labute approximate surface area is 99.1 Å². The van der Waals surface area contributed by atoms with Crippen LogP contribution in [0.1, 0.15) is 17.9 Å². The van der Waals surface area contributed by atoms with Gasteiger partial charge < -0.3 is 10.4 Å². The van der Waals surface area contributed by atoms with Crippen LogP contribution in [0.15, 0.2) is 36.4 Å². The largest absolute Gasteiger partial charge is 0.481 e. The first-order chi connectivity index (χ1) is 8.27. The van der Waals surface area contributed by atoms with Gasteiger partial charge in [-0.05, 0) is 17.4 Å². The molecule has 0 radical (unpaired) electrons. The van der Waals surface area contributed by atoms with E-state index in [9.17, 15) is 9.90 Å². The highest BCUT2D eigenvalue weighted by Gasteiger charge is 2.26. The molecular weight excluding hydrogens is 214 g/mol. The number of nitrogens with one attached hydrogen (secondary N) is 1. The Morgan fingerprint density at radius 1 is 1.24 bits per heavy atom. The number of carboxylic acids is 1. The quantitative estimate of drug-likeness (QED) is 0.787. The van der Waals surface area contributed by atoms with Crippen LogP contribution in [0, 0.1) is 0 Å². The van der Waals surface area contributed by atoms with E-state index in [-0.39, 0.29) is 5.92 Å². The van der Waals surface area contributed by atoms with Crippen LogP contribution in [0.5, 0.6) is 0 Å². The van der Waals surface area contributed by atoms with E-state index in [4.69, 9.17) is 0 Å². The minimum atomic E-state index is -0.733. The van der Waals surface area contributed by atoms with Gasteiger partial charge in [-0.3, -0.25) is 4.79 Å². The van der Waals surface area contributed by atoms with Gasteiger partial charge in [-0.1, -0.05) is 36.4 Å². The number of aliphatic carboxylic acids is 1. The molecule has 0 aliphatic carbocycles. The van der Waals surface area contributed by atoms with Crippen LogP contribution in [0.4, 0.5) is 5.69 Å². The lowest BCUT2D eigenvalue weighted by Gasteiger charge is -2.25. The van der Waals surface area contributed by atoms with Crippen molar-refractivity contribution in [3.05, 3.63) is 42.0 Å². The molecule has 1 aliphatic rings. The molecule has 0 fully saturated rings. The summed E-state index contributed by atoms with van der Waals surface area (Å²) in [6.45, 7) is 0.720. The first-order valence-corrected chi connectivity index (χ1v) is 5.75. The zero-order valence-corrected chi connectivity index (χ0v) is 9.31. The summed E-state index contributed by atoms with van der Waals surface area (Å²) in [5.41, 5.74) is 1.89. The molecule has 1 aliphatic heterocycles. The van der Waals surface area contributed by atoms with E-state index in [1.807, 2.05) is 36.4 Å². The molecule has 3 nitrogen and oxygen atoms in total. The number of carboxylic acid groups (broad SMARTS) is 1. The maximum atomic E-state index is 11.2. The second-order valence-corrected chi connectivity index (χ2v) is 4.36. The molecule has 0 saturated heterocycles. The maximum Gasteiger partial charge on any atom is 0.311 e. The van der Waals surface area contributed by atoms with Crippen molar-refractivity contribution in [2.24, 2.45) is 0 Å². The van der Waals surface area contributed by atoms with Crippen LogP contribution in [0.3, 0.4) is 0 Å². The number of benzene rings is 2. The molecule has 2 aromatic carbocycles. The van der Waals surface area contributed by atoms with E-state index >= 15 is 0 Å². The number of rotatable bonds is 1. The van der Waals surface area contributed by atoms with Gasteiger partial charge >= 0.3 is 5.97 Å². The van der Waals surface area contributed by atoms with Gasteiger partial charge in [-0.25, -0.2) is 0 Å². The average molecular weight is 227 g/mol. The topological polar surface area (TPSA) is 49.3 Å². The lowest BCUT2D eigenvalue weighted by atomic mass is 9.88. The highest BCUT2D eigenvalue weighted by atomic mass is 16.4. The summed E-state index contributed by atoms with van der Waals surface area (Å²) in [5, 5.41) is 14.8. The van der Waals surface area contributed by atoms with Crippen LogP contribution in [0.25, 0.3) is 10.8 Å². The predicted molar refractivity (Wildman–Crippen MR) is 67.4 cm³/mol. The number of carbonyl (C=O) groups is 1. The van der Waals surface area contributed by atoms with Gasteiger partial charge in [0.05, 0.1) is 5.92 Å². The molecule has 3 rings (SSSR count). The molecule has 3 heteroatoms. The molecule has 0 amide bonds. The zero-order valence-electron chi connectivity index (χ0n) is 9.31. The van der Waals surface area contributed by atoms with E-state index < -0.39 is 5.97 Å². The summed E-state index contributed by atoms with van der Waals surface area (Å²) in [6.07, 6.45) is 0.653. The first kappa shape index (κ1) is 10.1. The third-order valence-corrected chi connectivity index (χ3v) is 3.37. The lowest BCUT2D eigenvalue weighted by molar-refractivity contribution is -0.138. The van der Waals surface area contributed by atoms with Crippen molar-refractivity contribution in [3.63, 3.8) is 0 Å². The Morgan fingerprint density at radius 2 is 2.06 bits per heavy atom. The summed E-state index contributed by atoms with van der Waals surface area (Å²) < 4.78 is 0. The third-order valence-electron chi connectivity index (χ3n) is 3.37. The van der Waals surface area contributed by atoms with E-state index in [1.54, 1.807) is 0 Å². The molecule has 86 valence electrons. The van der Waals surface area contributed by atoms with Crippen molar-refractivity contribution in [2.45, 2.75) is 12.3 Å². The number of anilines is 1. The normalized spacial score (nSPS) is 18.5. The fraction of sp³-hybridized carbons (Fsp3) is 0.214. The monoisotopic (exact) mass is 227 g/mol. The first-order valence-electron chi connectivity index (χ1n) is 5.75. The number of hydrogen-bond acceptors (Lipinski definition) is 2. The molecule has 0 spiro atoms. The zero-order chi connectivity index (χ0) is 11.8. The van der Waals surface area contributed by atoms with Crippen LogP contribution in [0.2, 0.25) is 0 Å². The van der Waals surface area contributed by atoms with Gasteiger partial charge in [0.15, 0.2) is 0 Å². The molecule has 1 atom stereocenters. The van der Waals surface area contributed by atoms with Crippen LogP contribution < -0.4 is 5.32 Å². The third kappa shape index (κ3) is 1.55. The molecule has 1 heterocycles. The van der Waals surface area contributed by atoms with Gasteiger partial charge in [0.25, 0.3) is 0 Å². The van der Waals surface area contributed by atoms with Gasteiger partial charge in [-0.2, -0.15) is 0 Å². The highest BCUT2D eigenvalue weighted by Crippen LogP contribution is 2.36. The molecular formula is C14H13NO2. The SMILES string of the molecule is O=C(O)C1CCNc2c1ccc1ccccc21. The Morgan fingerprint density at radius 3 is 2.88 bits per heavy atom. The summed E-state index contributed by atoms with van der Waals surface area (Å²) in [6, 6.07) is 12.0. The van der Waals surface area contributed by atoms with Gasteiger partial charge in [0, 0.05) is 17.6 Å². The molecule has 0 bridgehead atoms. The Bertz CT molecular complexity index is 592. The molecule has 0 aromatic heterocycles. The molecule has 0 saturated carbocycles. The van der Waals surface area contributed by atoms with Crippen molar-refractivity contribution < 1.29 is 9.90 Å². The summed E-state index contributed by atoms with van der Waals surface area (Å²) in [5.74, 6) is -1.11. The summed E-state index contributed by atoms with van der Waals surface area (Å²) >= 11 is 0. The molecule has 1 unspecified atom stereocenters. The summed E-state index contributed by atoms with van der Waals surface area (Å²) in [4.78, 5) is 11.2. The highest BCUT2D eigenvalue weighted by molar-refractivity contribution is 5.98. The van der Waals surface area contributed by atoms with E-state index in [1.165, 1.54) is 0 Å². The Hall–Kier alpha value is -2.03. The molecule has 17 heavy (non-hydrogen) atoms. The average Bonchev–Trinajstić information content (AvgIpc) is 2.37. The van der Waals surface area contributed by atoms with Crippen LogP contribution >= 0.6 is 0 Å². The fourth-order valence-corrected chi connectivity index (χ4v) is 2.53. The van der Waals surface area contributed by atoms with Crippen molar-refractivity contribution in [1.82, 2.24) is 0 Å². The second kappa shape index (κ2) is 3.77. The van der Waals surface area contributed by atoms with Crippen LogP contribution in [-0.2, 0) is 4.79 Å². The number of fused-ring (bicyclic) bond motifs is 3. The Balaban J connectivity index is 2.26. The van der Waals surface area contributed by atoms with E-state index in [0.717, 1.165) is 28.6 Å². The van der Waals surface area contributed by atoms with Crippen LogP contribution in [-0.4, -0.2) is 17.6 Å². The van der Waals surface area contributed by atoms with Crippen molar-refractivity contribution in [1.29, 1.82) is 0 Å².